The number of aliphatic carboxylic acids is 1. The van der Waals surface area contributed by atoms with Crippen LogP contribution in [0.5, 0.6) is 0 Å². The molecule has 0 bridgehead atoms. The second-order valence-corrected chi connectivity index (χ2v) is 6.90. The van der Waals surface area contributed by atoms with Gasteiger partial charge in [-0.2, -0.15) is 0 Å². The number of benzene rings is 1. The third kappa shape index (κ3) is 5.97. The number of carboxylic acids is 1. The Hall–Kier alpha value is -3.10. The molecule has 0 aromatic heterocycles. The van der Waals surface area contributed by atoms with Gasteiger partial charge in [-0.3, -0.25) is 14.4 Å². The van der Waals surface area contributed by atoms with E-state index < -0.39 is 5.97 Å². The van der Waals surface area contributed by atoms with Crippen molar-refractivity contribution in [2.75, 3.05) is 39.0 Å². The Morgan fingerprint density at radius 2 is 1.71 bits per heavy atom. The second kappa shape index (κ2) is 9.72. The largest absolute Gasteiger partial charge is 0.481 e. The van der Waals surface area contributed by atoms with Crippen molar-refractivity contribution in [2.45, 2.75) is 19.3 Å². The maximum atomic E-state index is 12.4. The number of anilines is 1. The summed E-state index contributed by atoms with van der Waals surface area (Å²) in [4.78, 5) is 50.0. The van der Waals surface area contributed by atoms with Crippen LogP contribution in [0.1, 0.15) is 29.6 Å². The molecule has 0 radical (unpaired) electrons. The molecule has 1 aromatic rings. The fourth-order valence-corrected chi connectivity index (χ4v) is 2.95. The number of nitrogens with one attached hydrogen (secondary N) is 2. The van der Waals surface area contributed by atoms with Crippen molar-refractivity contribution >= 4 is 29.5 Å². The number of urea groups is 1. The molecule has 152 valence electrons. The molecule has 1 aromatic carbocycles. The van der Waals surface area contributed by atoms with E-state index in [1.54, 1.807) is 43.3 Å². The Morgan fingerprint density at radius 3 is 2.25 bits per heavy atom. The minimum absolute atomic E-state index is 0.0453. The third-order valence-electron chi connectivity index (χ3n) is 4.56. The minimum Gasteiger partial charge on any atom is -0.481 e. The molecule has 1 aliphatic rings. The summed E-state index contributed by atoms with van der Waals surface area (Å²) in [6, 6.07) is 6.37. The Morgan fingerprint density at radius 1 is 1.11 bits per heavy atom. The molecule has 0 saturated carbocycles. The van der Waals surface area contributed by atoms with Crippen LogP contribution in [0.3, 0.4) is 0 Å². The standard InChI is InChI=1S/C19H26N4O5/c1-22(2)19(28)23-11-8-14(9-12-23)18(27)21-15-5-3-13(4-6-15)17(26)20-10-7-16(24)25/h3-6,14H,7-12H2,1-2H3,(H,20,26)(H,21,27)(H,24,25). The molecule has 4 amide bonds. The summed E-state index contributed by atoms with van der Waals surface area (Å²) in [5.74, 6) is -1.60. The number of rotatable bonds is 6. The molecule has 2 rings (SSSR count). The Labute approximate surface area is 163 Å². The van der Waals surface area contributed by atoms with Gasteiger partial charge >= 0.3 is 12.0 Å². The van der Waals surface area contributed by atoms with Crippen LogP contribution < -0.4 is 10.6 Å². The van der Waals surface area contributed by atoms with E-state index in [4.69, 9.17) is 5.11 Å². The van der Waals surface area contributed by atoms with Gasteiger partial charge in [-0.25, -0.2) is 4.79 Å². The van der Waals surface area contributed by atoms with Gasteiger partial charge < -0.3 is 25.5 Å². The highest BCUT2D eigenvalue weighted by Gasteiger charge is 2.28. The number of piperidine rings is 1. The minimum atomic E-state index is -0.977. The number of carbonyl (C=O) groups excluding carboxylic acids is 3. The normalized spacial score (nSPS) is 14.3. The van der Waals surface area contributed by atoms with E-state index in [9.17, 15) is 19.2 Å². The van der Waals surface area contributed by atoms with E-state index in [1.165, 1.54) is 4.90 Å². The van der Waals surface area contributed by atoms with Crippen molar-refractivity contribution < 1.29 is 24.3 Å². The number of nitrogens with zero attached hydrogens (tertiary/aromatic N) is 2. The van der Waals surface area contributed by atoms with Gasteiger partial charge in [0.15, 0.2) is 0 Å². The van der Waals surface area contributed by atoms with Crippen LogP contribution in [-0.4, -0.2) is 72.5 Å². The van der Waals surface area contributed by atoms with Crippen molar-refractivity contribution in [3.05, 3.63) is 29.8 Å². The summed E-state index contributed by atoms with van der Waals surface area (Å²) in [7, 11) is 3.41. The average Bonchev–Trinajstić information content (AvgIpc) is 2.67. The summed E-state index contributed by atoms with van der Waals surface area (Å²) in [6.07, 6.45) is 1.07. The number of carboxylic acid groups (broad SMARTS) is 1. The van der Waals surface area contributed by atoms with Crippen molar-refractivity contribution in [2.24, 2.45) is 5.92 Å². The summed E-state index contributed by atoms with van der Waals surface area (Å²) < 4.78 is 0. The molecule has 9 heteroatoms. The fraction of sp³-hybridized carbons (Fsp3) is 0.474. The highest BCUT2D eigenvalue weighted by atomic mass is 16.4. The quantitative estimate of drug-likeness (QED) is 0.675. The zero-order valence-electron chi connectivity index (χ0n) is 16.1. The van der Waals surface area contributed by atoms with E-state index in [0.717, 1.165) is 0 Å². The lowest BCUT2D eigenvalue weighted by Crippen LogP contribution is -2.45. The lowest BCUT2D eigenvalue weighted by atomic mass is 9.96. The molecule has 1 saturated heterocycles. The molecule has 0 spiro atoms. The molecule has 1 aliphatic heterocycles. The van der Waals surface area contributed by atoms with Gasteiger partial charge in [0.1, 0.15) is 0 Å². The topological polar surface area (TPSA) is 119 Å². The molecule has 28 heavy (non-hydrogen) atoms. The van der Waals surface area contributed by atoms with Crippen molar-refractivity contribution in [1.82, 2.24) is 15.1 Å². The third-order valence-corrected chi connectivity index (χ3v) is 4.56. The number of likely N-dealkylation sites (tertiary alicyclic amines) is 1. The van der Waals surface area contributed by atoms with Gasteiger partial charge in [0.2, 0.25) is 5.91 Å². The van der Waals surface area contributed by atoms with E-state index >= 15 is 0 Å². The highest BCUT2D eigenvalue weighted by Crippen LogP contribution is 2.20. The maximum absolute atomic E-state index is 12.4. The summed E-state index contributed by atoms with van der Waals surface area (Å²) in [5.41, 5.74) is 0.970. The Bertz CT molecular complexity index is 724. The molecule has 0 aliphatic carbocycles. The number of hydrogen-bond donors (Lipinski definition) is 3. The van der Waals surface area contributed by atoms with Gasteiger partial charge in [0.25, 0.3) is 5.91 Å². The number of hydrogen-bond acceptors (Lipinski definition) is 4. The predicted molar refractivity (Wildman–Crippen MR) is 103 cm³/mol. The second-order valence-electron chi connectivity index (χ2n) is 6.90. The lowest BCUT2D eigenvalue weighted by Gasteiger charge is -2.33. The van der Waals surface area contributed by atoms with Crippen molar-refractivity contribution in [1.29, 1.82) is 0 Å². The van der Waals surface area contributed by atoms with E-state index in [1.807, 2.05) is 0 Å². The van der Waals surface area contributed by atoms with Crippen LogP contribution in [0.2, 0.25) is 0 Å². The number of carbonyl (C=O) groups is 4. The smallest absolute Gasteiger partial charge is 0.319 e. The fourth-order valence-electron chi connectivity index (χ4n) is 2.95. The van der Waals surface area contributed by atoms with Gasteiger partial charge in [-0.05, 0) is 37.1 Å². The van der Waals surface area contributed by atoms with E-state index in [2.05, 4.69) is 10.6 Å². The SMILES string of the molecule is CN(C)C(=O)N1CCC(C(=O)Nc2ccc(C(=O)NCCC(=O)O)cc2)CC1. The number of amides is 4. The summed E-state index contributed by atoms with van der Waals surface area (Å²) in [6.45, 7) is 1.15. The maximum Gasteiger partial charge on any atom is 0.319 e. The summed E-state index contributed by atoms with van der Waals surface area (Å²) >= 11 is 0. The van der Waals surface area contributed by atoms with Gasteiger partial charge in [-0.1, -0.05) is 0 Å². The van der Waals surface area contributed by atoms with Gasteiger partial charge in [0.05, 0.1) is 6.42 Å². The van der Waals surface area contributed by atoms with E-state index in [0.29, 0.717) is 37.2 Å². The summed E-state index contributed by atoms with van der Waals surface area (Å²) in [5, 5.41) is 13.9. The van der Waals surface area contributed by atoms with Crippen LogP contribution in [-0.2, 0) is 9.59 Å². The molecule has 0 unspecified atom stereocenters. The Balaban J connectivity index is 1.82. The monoisotopic (exact) mass is 390 g/mol. The first-order valence-corrected chi connectivity index (χ1v) is 9.15. The zero-order valence-corrected chi connectivity index (χ0v) is 16.1. The first kappa shape index (κ1) is 21.2. The molecule has 1 fully saturated rings. The van der Waals surface area contributed by atoms with Crippen LogP contribution in [0, 0.1) is 5.92 Å². The zero-order chi connectivity index (χ0) is 20.7. The first-order chi connectivity index (χ1) is 13.3. The Kier molecular flexibility index (Phi) is 7.36. The van der Waals surface area contributed by atoms with Crippen LogP contribution in [0.4, 0.5) is 10.5 Å². The predicted octanol–water partition coefficient (Wildman–Crippen LogP) is 1.22. The molecule has 0 atom stereocenters. The van der Waals surface area contributed by atoms with Crippen LogP contribution in [0.25, 0.3) is 0 Å². The highest BCUT2D eigenvalue weighted by molar-refractivity contribution is 5.96. The molecule has 9 nitrogen and oxygen atoms in total. The van der Waals surface area contributed by atoms with Crippen molar-refractivity contribution in [3.63, 3.8) is 0 Å². The van der Waals surface area contributed by atoms with Gasteiger partial charge in [-0.15, -0.1) is 0 Å². The molecule has 3 N–H and O–H groups in total. The average molecular weight is 390 g/mol. The van der Waals surface area contributed by atoms with Crippen molar-refractivity contribution in [3.8, 4) is 0 Å². The van der Waals surface area contributed by atoms with E-state index in [-0.39, 0.29) is 36.7 Å². The molecule has 1 heterocycles. The van der Waals surface area contributed by atoms with Crippen LogP contribution in [0.15, 0.2) is 24.3 Å². The first-order valence-electron chi connectivity index (χ1n) is 9.15. The molecular weight excluding hydrogens is 364 g/mol. The lowest BCUT2D eigenvalue weighted by molar-refractivity contribution is -0.136. The van der Waals surface area contributed by atoms with Gasteiger partial charge in [0, 0.05) is 50.9 Å². The molecular formula is C19H26N4O5. The van der Waals surface area contributed by atoms with Crippen LogP contribution >= 0.6 is 0 Å².